The number of amides is 2. The first-order valence-corrected chi connectivity index (χ1v) is 13.3. The minimum Gasteiger partial charge on any atom is -0.439 e. The minimum atomic E-state index is -0.993. The predicted octanol–water partition coefficient (Wildman–Crippen LogP) is 3.21. The molecule has 10 nitrogen and oxygen atoms in total. The van der Waals surface area contributed by atoms with Gasteiger partial charge in [-0.1, -0.05) is 38.2 Å². The van der Waals surface area contributed by atoms with E-state index in [1.807, 2.05) is 13.8 Å². The van der Waals surface area contributed by atoms with Gasteiger partial charge in [-0.25, -0.2) is 4.79 Å². The van der Waals surface area contributed by atoms with E-state index in [4.69, 9.17) is 19.9 Å². The largest absolute Gasteiger partial charge is 0.439 e. The van der Waals surface area contributed by atoms with Crippen molar-refractivity contribution < 1.29 is 38.5 Å². The lowest BCUT2D eigenvalue weighted by Crippen LogP contribution is -2.37. The topological polar surface area (TPSA) is 154 Å². The molecule has 0 fully saturated rings. The zero-order valence-corrected chi connectivity index (χ0v) is 24.6. The molecule has 2 rings (SSSR count). The van der Waals surface area contributed by atoms with Crippen LogP contribution in [0, 0.1) is 11.8 Å². The third kappa shape index (κ3) is 7.87. The van der Waals surface area contributed by atoms with Gasteiger partial charge in [0.1, 0.15) is 6.10 Å². The maximum atomic E-state index is 13.5. The van der Waals surface area contributed by atoms with Crippen LogP contribution in [-0.4, -0.2) is 67.3 Å². The number of allylic oxidation sites excluding steroid dienone is 5. The van der Waals surface area contributed by atoms with E-state index in [0.717, 1.165) is 0 Å². The molecule has 1 heterocycles. The van der Waals surface area contributed by atoms with Gasteiger partial charge >= 0.3 is 6.09 Å². The third-order valence-corrected chi connectivity index (χ3v) is 7.45. The number of aliphatic hydroxyl groups excluding tert-OH is 1. The number of ketones is 2. The summed E-state index contributed by atoms with van der Waals surface area (Å²) in [5.74, 6) is -1.81. The summed E-state index contributed by atoms with van der Waals surface area (Å²) in [4.78, 5) is 51.1. The Hall–Kier alpha value is -3.34. The van der Waals surface area contributed by atoms with Crippen LogP contribution in [0.15, 0.2) is 57.9 Å². The number of carbonyl (C=O) groups is 4. The van der Waals surface area contributed by atoms with Crippen LogP contribution in [0.1, 0.15) is 54.4 Å². The van der Waals surface area contributed by atoms with E-state index < -0.39 is 48.1 Å². The lowest BCUT2D eigenvalue weighted by molar-refractivity contribution is -0.120. The fourth-order valence-electron chi connectivity index (χ4n) is 5.01. The number of nitrogens with one attached hydrogen (secondary N) is 1. The highest BCUT2D eigenvalue weighted by atomic mass is 16.6. The first-order valence-electron chi connectivity index (χ1n) is 13.3. The number of aliphatic hydroxyl groups is 1. The van der Waals surface area contributed by atoms with Crippen LogP contribution >= 0.6 is 0 Å². The summed E-state index contributed by atoms with van der Waals surface area (Å²) in [6, 6.07) is 0. The molecular weight excluding hydrogens is 516 g/mol. The van der Waals surface area contributed by atoms with Gasteiger partial charge in [0.25, 0.3) is 5.91 Å². The number of primary amides is 1. The predicted molar refractivity (Wildman–Crippen MR) is 150 cm³/mol. The van der Waals surface area contributed by atoms with E-state index in [-0.39, 0.29) is 35.0 Å². The van der Waals surface area contributed by atoms with Crippen molar-refractivity contribution in [3.8, 4) is 0 Å². The van der Waals surface area contributed by atoms with Crippen molar-refractivity contribution in [3.63, 3.8) is 0 Å². The summed E-state index contributed by atoms with van der Waals surface area (Å²) in [6.45, 7) is 10.2. The second kappa shape index (κ2) is 14.3. The molecule has 2 bridgehead atoms. The number of carbonyl (C=O) groups excluding carboxylic acids is 4. The first-order chi connectivity index (χ1) is 18.7. The average Bonchev–Trinajstić information content (AvgIpc) is 2.90. The second-order valence-electron chi connectivity index (χ2n) is 10.6. The molecule has 2 amide bonds. The molecule has 0 aromatic heterocycles. The standard InChI is InChI=1S/C30H42N2O8/c1-15-12-21-19(5)26(34)20(6)24(27(21)35)32-29(36)16(2)10-9-11-22(38-7)28(40-30(31)37)18(4)14-17(3)25(33)23(13-15)39-8/h9-11,14-15,17,22-23,25,28,33H,12-13H2,1-8H3,(H2,31,37)(H,32,36)/b11-9-,16-10-,18-14-. The Kier molecular flexibility index (Phi) is 11.8. The highest BCUT2D eigenvalue weighted by Gasteiger charge is 2.34. The molecule has 1 aliphatic carbocycles. The van der Waals surface area contributed by atoms with Crippen LogP contribution in [0.5, 0.6) is 0 Å². The number of Topliss-reactive ketones (excluding diaryl/α,β-unsaturated/α-hetero) is 2. The SMILES string of the molecule is COC1/C=C\C=C(\C)C(=O)NC2=C(C)C(=O)C(C)=C(CC(C)CC(OC)C(O)C(C)/C=C(/C)C1OC(N)=O)C2=O. The van der Waals surface area contributed by atoms with E-state index >= 15 is 0 Å². The molecule has 220 valence electrons. The molecule has 0 radical (unpaired) electrons. The Balaban J connectivity index is 2.62. The Labute approximate surface area is 236 Å². The average molecular weight is 559 g/mol. The molecule has 4 N–H and O–H groups in total. The van der Waals surface area contributed by atoms with Gasteiger partial charge in [-0.15, -0.1) is 0 Å². The van der Waals surface area contributed by atoms with E-state index in [1.165, 1.54) is 27.2 Å². The van der Waals surface area contributed by atoms with Gasteiger partial charge in [0.05, 0.1) is 17.9 Å². The smallest absolute Gasteiger partial charge is 0.405 e. The lowest BCUT2D eigenvalue weighted by atomic mass is 9.82. The number of ether oxygens (including phenoxy) is 3. The van der Waals surface area contributed by atoms with E-state index in [9.17, 15) is 24.3 Å². The number of rotatable bonds is 3. The minimum absolute atomic E-state index is 0.0427. The Morgan fingerprint density at radius 2 is 1.68 bits per heavy atom. The molecule has 40 heavy (non-hydrogen) atoms. The zero-order valence-electron chi connectivity index (χ0n) is 24.6. The number of methoxy groups -OCH3 is 2. The molecule has 0 aromatic carbocycles. The highest BCUT2D eigenvalue weighted by molar-refractivity contribution is 6.25. The van der Waals surface area contributed by atoms with Crippen molar-refractivity contribution in [1.29, 1.82) is 0 Å². The van der Waals surface area contributed by atoms with Crippen molar-refractivity contribution in [2.45, 2.75) is 78.8 Å². The first kappa shape index (κ1) is 32.9. The number of nitrogens with two attached hydrogens (primary N) is 1. The van der Waals surface area contributed by atoms with Crippen molar-refractivity contribution in [2.75, 3.05) is 14.2 Å². The normalized spacial score (nSPS) is 33.1. The van der Waals surface area contributed by atoms with E-state index in [2.05, 4.69) is 5.32 Å². The summed E-state index contributed by atoms with van der Waals surface area (Å²) in [5, 5.41) is 13.8. The maximum Gasteiger partial charge on any atom is 0.405 e. The molecule has 10 heteroatoms. The van der Waals surface area contributed by atoms with Gasteiger partial charge in [0, 0.05) is 42.4 Å². The van der Waals surface area contributed by atoms with Crippen molar-refractivity contribution in [1.82, 2.24) is 5.32 Å². The molecule has 1 aliphatic heterocycles. The highest BCUT2D eigenvalue weighted by Crippen LogP contribution is 2.31. The summed E-state index contributed by atoms with van der Waals surface area (Å²) in [6.07, 6.45) is 2.92. The Bertz CT molecular complexity index is 1180. The molecule has 6 atom stereocenters. The van der Waals surface area contributed by atoms with Crippen molar-refractivity contribution >= 4 is 23.6 Å². The summed E-state index contributed by atoms with van der Waals surface area (Å²) in [5.41, 5.74) is 7.01. The molecule has 0 saturated heterocycles. The monoisotopic (exact) mass is 558 g/mol. The Morgan fingerprint density at radius 1 is 1.02 bits per heavy atom. The number of hydrogen-bond acceptors (Lipinski definition) is 8. The fraction of sp³-hybridized carbons (Fsp3) is 0.533. The molecule has 0 spiro atoms. The van der Waals surface area contributed by atoms with Gasteiger partial charge < -0.3 is 30.4 Å². The summed E-state index contributed by atoms with van der Waals surface area (Å²) >= 11 is 0. The molecule has 2 aliphatic rings. The summed E-state index contributed by atoms with van der Waals surface area (Å²) < 4.78 is 16.5. The number of fused-ring (bicyclic) bond motifs is 2. The van der Waals surface area contributed by atoms with Crippen LogP contribution in [0.4, 0.5) is 4.79 Å². The van der Waals surface area contributed by atoms with Crippen LogP contribution in [-0.2, 0) is 28.6 Å². The maximum absolute atomic E-state index is 13.5. The summed E-state index contributed by atoms with van der Waals surface area (Å²) in [7, 11) is 2.94. The van der Waals surface area contributed by atoms with Gasteiger partial charge in [-0.3, -0.25) is 14.4 Å². The molecule has 0 saturated carbocycles. The van der Waals surface area contributed by atoms with Crippen LogP contribution in [0.3, 0.4) is 0 Å². The third-order valence-electron chi connectivity index (χ3n) is 7.45. The van der Waals surface area contributed by atoms with Gasteiger partial charge in [0.2, 0.25) is 5.78 Å². The van der Waals surface area contributed by atoms with E-state index in [0.29, 0.717) is 23.1 Å². The van der Waals surface area contributed by atoms with Crippen LogP contribution in [0.25, 0.3) is 0 Å². The van der Waals surface area contributed by atoms with Gasteiger partial charge in [-0.05, 0) is 52.0 Å². The fourth-order valence-corrected chi connectivity index (χ4v) is 5.01. The van der Waals surface area contributed by atoms with Gasteiger partial charge in [-0.2, -0.15) is 0 Å². The second-order valence-corrected chi connectivity index (χ2v) is 10.6. The molecular formula is C30H42N2O8. The number of hydrogen-bond donors (Lipinski definition) is 3. The zero-order chi connectivity index (χ0) is 30.3. The van der Waals surface area contributed by atoms with Crippen molar-refractivity contribution in [3.05, 3.63) is 57.9 Å². The van der Waals surface area contributed by atoms with Crippen LogP contribution < -0.4 is 11.1 Å². The quantitative estimate of drug-likeness (QED) is 0.352. The van der Waals surface area contributed by atoms with E-state index in [1.54, 1.807) is 39.0 Å². The Morgan fingerprint density at radius 3 is 2.25 bits per heavy atom. The molecule has 0 aromatic rings. The lowest BCUT2D eigenvalue weighted by Gasteiger charge is -2.30. The van der Waals surface area contributed by atoms with Gasteiger partial charge in [0.15, 0.2) is 11.9 Å². The van der Waals surface area contributed by atoms with Crippen LogP contribution in [0.2, 0.25) is 0 Å². The van der Waals surface area contributed by atoms with Crippen molar-refractivity contribution in [2.24, 2.45) is 17.6 Å². The molecule has 6 unspecified atom stereocenters.